The van der Waals surface area contributed by atoms with Crippen molar-refractivity contribution in [2.75, 3.05) is 6.61 Å². The molecule has 0 aliphatic carbocycles. The van der Waals surface area contributed by atoms with Gasteiger partial charge in [0.1, 0.15) is 0 Å². The van der Waals surface area contributed by atoms with E-state index in [1.165, 1.54) is 13.0 Å². The van der Waals surface area contributed by atoms with Crippen LogP contribution in [-0.2, 0) is 14.3 Å². The Morgan fingerprint density at radius 1 is 1.33 bits per heavy atom. The first-order valence-electron chi connectivity index (χ1n) is 4.94. The number of nitrogens with one attached hydrogen (secondary N) is 1. The maximum atomic E-state index is 11.2. The number of rotatable bonds is 3. The maximum absolute atomic E-state index is 11.2. The number of allylic oxidation sites excluding steroid dienone is 1. The molecule has 0 unspecified atom stereocenters. The summed E-state index contributed by atoms with van der Waals surface area (Å²) >= 11 is 0. The van der Waals surface area contributed by atoms with Gasteiger partial charge in [-0.05, 0) is 6.92 Å². The van der Waals surface area contributed by atoms with Crippen LogP contribution in [0.2, 0.25) is 0 Å². The summed E-state index contributed by atoms with van der Waals surface area (Å²) < 4.78 is 4.78. The Morgan fingerprint density at radius 3 is 2.20 bits per heavy atom. The third kappa shape index (κ3) is 5.88. The number of amides is 1. The predicted octanol–water partition coefficient (Wildman–Crippen LogP) is 1.62. The van der Waals surface area contributed by atoms with Gasteiger partial charge in [0.2, 0.25) is 5.91 Å². The van der Waals surface area contributed by atoms with Crippen molar-refractivity contribution >= 4 is 11.9 Å². The zero-order valence-corrected chi connectivity index (χ0v) is 10.0. The van der Waals surface area contributed by atoms with Gasteiger partial charge in [-0.1, -0.05) is 20.8 Å². The Bertz CT molecular complexity index is 274. The van der Waals surface area contributed by atoms with Crippen LogP contribution in [0.3, 0.4) is 0 Å². The molecule has 1 N–H and O–H groups in total. The van der Waals surface area contributed by atoms with Crippen LogP contribution < -0.4 is 5.32 Å². The summed E-state index contributed by atoms with van der Waals surface area (Å²) in [4.78, 5) is 22.2. The van der Waals surface area contributed by atoms with Crippen LogP contribution in [0.15, 0.2) is 11.8 Å². The van der Waals surface area contributed by atoms with E-state index >= 15 is 0 Å². The summed E-state index contributed by atoms with van der Waals surface area (Å²) in [5.74, 6) is -0.628. The van der Waals surface area contributed by atoms with Crippen molar-refractivity contribution in [1.82, 2.24) is 5.32 Å². The third-order valence-corrected chi connectivity index (χ3v) is 1.67. The minimum Gasteiger partial charge on any atom is -0.463 e. The van der Waals surface area contributed by atoms with Gasteiger partial charge in [-0.15, -0.1) is 0 Å². The van der Waals surface area contributed by atoms with E-state index in [2.05, 4.69) is 5.32 Å². The van der Waals surface area contributed by atoms with Crippen LogP contribution in [0, 0.1) is 5.41 Å². The average Bonchev–Trinajstić information content (AvgIpc) is 2.00. The molecule has 0 aromatic carbocycles. The molecule has 0 fully saturated rings. The van der Waals surface area contributed by atoms with Gasteiger partial charge >= 0.3 is 5.97 Å². The highest BCUT2D eigenvalue weighted by Gasteiger charge is 2.19. The lowest BCUT2D eigenvalue weighted by molar-refractivity contribution is -0.137. The third-order valence-electron chi connectivity index (χ3n) is 1.67. The standard InChI is InChI=1S/C11H19NO3/c1-6-15-10(14)7-9(11(3,4)5)12-8(2)13/h7H,6H2,1-5H3,(H,12,13). The molecule has 0 atom stereocenters. The van der Waals surface area contributed by atoms with Gasteiger partial charge in [0.15, 0.2) is 0 Å². The fourth-order valence-corrected chi connectivity index (χ4v) is 0.932. The Hall–Kier alpha value is -1.32. The molecule has 1 amide bonds. The Balaban J connectivity index is 4.77. The molecule has 0 radical (unpaired) electrons. The van der Waals surface area contributed by atoms with Gasteiger partial charge in [0, 0.05) is 24.1 Å². The molecular formula is C11H19NO3. The quantitative estimate of drug-likeness (QED) is 0.572. The van der Waals surface area contributed by atoms with Crippen molar-refractivity contribution in [3.8, 4) is 0 Å². The van der Waals surface area contributed by atoms with E-state index in [0.29, 0.717) is 12.3 Å². The van der Waals surface area contributed by atoms with Crippen molar-refractivity contribution < 1.29 is 14.3 Å². The normalized spacial score (nSPS) is 12.2. The van der Waals surface area contributed by atoms with Crippen molar-refractivity contribution in [1.29, 1.82) is 0 Å². The highest BCUT2D eigenvalue weighted by Crippen LogP contribution is 2.22. The Kier molecular flexibility index (Phi) is 5.05. The minimum atomic E-state index is -0.434. The number of ether oxygens (including phenoxy) is 1. The molecule has 0 aromatic heterocycles. The van der Waals surface area contributed by atoms with Crippen LogP contribution >= 0.6 is 0 Å². The van der Waals surface area contributed by atoms with Crippen molar-refractivity contribution in [3.63, 3.8) is 0 Å². The van der Waals surface area contributed by atoms with E-state index in [9.17, 15) is 9.59 Å². The van der Waals surface area contributed by atoms with Gasteiger partial charge in [-0.2, -0.15) is 0 Å². The molecule has 4 heteroatoms. The summed E-state index contributed by atoms with van der Waals surface area (Å²) in [5.41, 5.74) is 0.270. The number of hydrogen-bond donors (Lipinski definition) is 1. The largest absolute Gasteiger partial charge is 0.463 e. The molecule has 0 aromatic rings. The summed E-state index contributed by atoms with van der Waals surface area (Å²) in [6.07, 6.45) is 1.32. The average molecular weight is 213 g/mol. The number of esters is 1. The fraction of sp³-hybridized carbons (Fsp3) is 0.636. The summed E-state index contributed by atoms with van der Waals surface area (Å²) in [6, 6.07) is 0. The highest BCUT2D eigenvalue weighted by atomic mass is 16.5. The molecule has 0 spiro atoms. The zero-order valence-electron chi connectivity index (χ0n) is 10.0. The molecule has 0 bridgehead atoms. The lowest BCUT2D eigenvalue weighted by atomic mass is 9.91. The van der Waals surface area contributed by atoms with E-state index in [1.54, 1.807) is 6.92 Å². The molecule has 0 saturated heterocycles. The molecule has 0 aliphatic heterocycles. The van der Waals surface area contributed by atoms with Gasteiger partial charge in [-0.3, -0.25) is 4.79 Å². The minimum absolute atomic E-state index is 0.194. The zero-order chi connectivity index (χ0) is 12.1. The predicted molar refractivity (Wildman–Crippen MR) is 58.0 cm³/mol. The van der Waals surface area contributed by atoms with E-state index in [1.807, 2.05) is 20.8 Å². The monoisotopic (exact) mass is 213 g/mol. The fourth-order valence-electron chi connectivity index (χ4n) is 0.932. The van der Waals surface area contributed by atoms with E-state index < -0.39 is 5.97 Å². The smallest absolute Gasteiger partial charge is 0.332 e. The second-order valence-electron chi connectivity index (χ2n) is 4.24. The van der Waals surface area contributed by atoms with Gasteiger partial charge in [0.05, 0.1) is 6.61 Å². The SMILES string of the molecule is CCOC(=O)C=C(NC(C)=O)C(C)(C)C. The highest BCUT2D eigenvalue weighted by molar-refractivity contribution is 5.84. The molecule has 0 rings (SSSR count). The van der Waals surface area contributed by atoms with Crippen molar-refractivity contribution in [2.45, 2.75) is 34.6 Å². The van der Waals surface area contributed by atoms with Crippen molar-refractivity contribution in [2.24, 2.45) is 5.41 Å². The molecule has 0 heterocycles. The first-order chi connectivity index (χ1) is 6.77. The second kappa shape index (κ2) is 5.53. The molecule has 86 valence electrons. The lowest BCUT2D eigenvalue weighted by Crippen LogP contribution is -2.29. The van der Waals surface area contributed by atoms with Gasteiger partial charge in [0.25, 0.3) is 0 Å². The Labute approximate surface area is 90.7 Å². The molecule has 0 saturated carbocycles. The Morgan fingerprint density at radius 2 is 1.87 bits per heavy atom. The first kappa shape index (κ1) is 13.7. The summed E-state index contributed by atoms with van der Waals surface area (Å²) in [5, 5.41) is 2.63. The van der Waals surface area contributed by atoms with Gasteiger partial charge in [-0.25, -0.2) is 4.79 Å². The topological polar surface area (TPSA) is 55.4 Å². The van der Waals surface area contributed by atoms with Crippen LogP contribution in [0.1, 0.15) is 34.6 Å². The van der Waals surface area contributed by atoms with Crippen LogP contribution in [-0.4, -0.2) is 18.5 Å². The van der Waals surface area contributed by atoms with Crippen LogP contribution in [0.4, 0.5) is 0 Å². The maximum Gasteiger partial charge on any atom is 0.332 e. The first-order valence-corrected chi connectivity index (χ1v) is 4.94. The summed E-state index contributed by atoms with van der Waals surface area (Å²) in [7, 11) is 0. The molecule has 15 heavy (non-hydrogen) atoms. The van der Waals surface area contributed by atoms with Crippen LogP contribution in [0.5, 0.6) is 0 Å². The molecule has 4 nitrogen and oxygen atoms in total. The van der Waals surface area contributed by atoms with E-state index in [-0.39, 0.29) is 11.3 Å². The molecular weight excluding hydrogens is 194 g/mol. The lowest BCUT2D eigenvalue weighted by Gasteiger charge is -2.22. The van der Waals surface area contributed by atoms with E-state index in [0.717, 1.165) is 0 Å². The van der Waals surface area contributed by atoms with Gasteiger partial charge < -0.3 is 10.1 Å². The summed E-state index contributed by atoms with van der Waals surface area (Å²) in [6.45, 7) is 9.20. The number of hydrogen-bond acceptors (Lipinski definition) is 3. The van der Waals surface area contributed by atoms with Crippen LogP contribution in [0.25, 0.3) is 0 Å². The van der Waals surface area contributed by atoms with Crippen molar-refractivity contribution in [3.05, 3.63) is 11.8 Å². The number of carbonyl (C=O) groups excluding carboxylic acids is 2. The van der Waals surface area contributed by atoms with E-state index in [4.69, 9.17) is 4.74 Å². The second-order valence-corrected chi connectivity index (χ2v) is 4.24. The molecule has 0 aliphatic rings. The number of carbonyl (C=O) groups is 2.